The minimum Gasteiger partial charge on any atom is -0.478 e. The number of halogens is 1. The first-order chi connectivity index (χ1) is 6.62. The highest BCUT2D eigenvalue weighted by Crippen LogP contribution is 2.40. The average molecular weight is 304 g/mol. The van der Waals surface area contributed by atoms with Crippen molar-refractivity contribution in [2.45, 2.75) is 18.4 Å². The first-order valence-corrected chi connectivity index (χ1v) is 5.38. The first-order valence-electron chi connectivity index (χ1n) is 4.30. The molecule has 0 radical (unpaired) electrons. The van der Waals surface area contributed by atoms with Crippen LogP contribution < -0.4 is 4.74 Å². The molecule has 0 unspecified atom stereocenters. The maximum atomic E-state index is 10.8. The van der Waals surface area contributed by atoms with E-state index in [1.165, 1.54) is 0 Å². The van der Waals surface area contributed by atoms with Gasteiger partial charge in [0.1, 0.15) is 5.75 Å². The van der Waals surface area contributed by atoms with E-state index in [-0.39, 0.29) is 0 Å². The molecule has 0 heterocycles. The minimum absolute atomic E-state index is 0.605. The standard InChI is InChI=1S/C10H9IO3/c11-7-2-1-3-8(6-7)14-10(4-5-10)9(12)13/h1-3,6H,4-5H2,(H,12,13). The number of carboxylic acid groups (broad SMARTS) is 1. The van der Waals surface area contributed by atoms with Gasteiger partial charge in [0, 0.05) is 16.4 Å². The molecule has 1 aromatic carbocycles. The van der Waals surface area contributed by atoms with Crippen LogP contribution in [0, 0.1) is 3.57 Å². The van der Waals surface area contributed by atoms with E-state index in [9.17, 15) is 4.79 Å². The molecule has 0 spiro atoms. The van der Waals surface area contributed by atoms with E-state index in [0.717, 1.165) is 3.57 Å². The summed E-state index contributed by atoms with van der Waals surface area (Å²) < 4.78 is 6.49. The Morgan fingerprint density at radius 1 is 1.50 bits per heavy atom. The van der Waals surface area contributed by atoms with E-state index < -0.39 is 11.6 Å². The molecule has 74 valence electrons. The molecule has 1 aromatic rings. The molecule has 0 bridgehead atoms. The zero-order valence-corrected chi connectivity index (χ0v) is 9.52. The molecule has 1 aliphatic rings. The Morgan fingerprint density at radius 2 is 2.21 bits per heavy atom. The smallest absolute Gasteiger partial charge is 0.348 e. The number of benzene rings is 1. The van der Waals surface area contributed by atoms with Crippen LogP contribution in [0.15, 0.2) is 24.3 Å². The molecule has 2 rings (SSSR count). The van der Waals surface area contributed by atoms with Crippen LogP contribution in [0.4, 0.5) is 0 Å². The summed E-state index contributed by atoms with van der Waals surface area (Å²) in [5, 5.41) is 8.91. The molecular formula is C10H9IO3. The summed E-state index contributed by atoms with van der Waals surface area (Å²) in [6.45, 7) is 0. The van der Waals surface area contributed by atoms with Crippen molar-refractivity contribution in [1.29, 1.82) is 0 Å². The highest BCUT2D eigenvalue weighted by atomic mass is 127. The minimum atomic E-state index is -0.940. The molecule has 1 fully saturated rings. The van der Waals surface area contributed by atoms with Gasteiger partial charge in [-0.05, 0) is 40.8 Å². The number of rotatable bonds is 3. The van der Waals surface area contributed by atoms with Crippen molar-refractivity contribution in [3.8, 4) is 5.75 Å². The van der Waals surface area contributed by atoms with Crippen molar-refractivity contribution in [2.24, 2.45) is 0 Å². The van der Waals surface area contributed by atoms with Gasteiger partial charge in [0.05, 0.1) is 0 Å². The van der Waals surface area contributed by atoms with Gasteiger partial charge in [0.15, 0.2) is 0 Å². The average Bonchev–Trinajstić information content (AvgIpc) is 2.85. The summed E-state index contributed by atoms with van der Waals surface area (Å²) in [7, 11) is 0. The second-order valence-corrected chi connectivity index (χ2v) is 4.60. The molecular weight excluding hydrogens is 295 g/mol. The maximum Gasteiger partial charge on any atom is 0.348 e. The van der Waals surface area contributed by atoms with Crippen LogP contribution in [0.25, 0.3) is 0 Å². The van der Waals surface area contributed by atoms with Gasteiger partial charge in [-0.3, -0.25) is 0 Å². The topological polar surface area (TPSA) is 46.5 Å². The molecule has 3 nitrogen and oxygen atoms in total. The SMILES string of the molecule is O=C(O)C1(Oc2cccc(I)c2)CC1. The van der Waals surface area contributed by atoms with E-state index in [4.69, 9.17) is 9.84 Å². The van der Waals surface area contributed by atoms with Crippen LogP contribution >= 0.6 is 22.6 Å². The molecule has 14 heavy (non-hydrogen) atoms. The molecule has 1 aliphatic carbocycles. The molecule has 1 N–H and O–H groups in total. The zero-order chi connectivity index (χ0) is 10.2. The van der Waals surface area contributed by atoms with Crippen molar-refractivity contribution < 1.29 is 14.6 Å². The Labute approximate surface area is 95.2 Å². The van der Waals surface area contributed by atoms with Gasteiger partial charge >= 0.3 is 5.97 Å². The Morgan fingerprint density at radius 3 is 2.71 bits per heavy atom. The molecule has 4 heteroatoms. The monoisotopic (exact) mass is 304 g/mol. The van der Waals surface area contributed by atoms with E-state index in [2.05, 4.69) is 22.6 Å². The van der Waals surface area contributed by atoms with Gasteiger partial charge in [-0.25, -0.2) is 4.79 Å². The summed E-state index contributed by atoms with van der Waals surface area (Å²) in [4.78, 5) is 10.8. The second-order valence-electron chi connectivity index (χ2n) is 3.36. The summed E-state index contributed by atoms with van der Waals surface area (Å²) >= 11 is 2.17. The number of aliphatic carboxylic acids is 1. The van der Waals surface area contributed by atoms with Crippen LogP contribution in [-0.2, 0) is 4.79 Å². The summed E-state index contributed by atoms with van der Waals surface area (Å²) in [6.07, 6.45) is 1.21. The molecule has 0 atom stereocenters. The van der Waals surface area contributed by atoms with Gasteiger partial charge in [0.2, 0.25) is 5.60 Å². The number of hydrogen-bond acceptors (Lipinski definition) is 2. The molecule has 0 aromatic heterocycles. The highest BCUT2D eigenvalue weighted by molar-refractivity contribution is 14.1. The number of ether oxygens (including phenoxy) is 1. The van der Waals surface area contributed by atoms with Gasteiger partial charge in [-0.2, -0.15) is 0 Å². The fraction of sp³-hybridized carbons (Fsp3) is 0.300. The van der Waals surface area contributed by atoms with Crippen LogP contribution in [0.2, 0.25) is 0 Å². The van der Waals surface area contributed by atoms with Gasteiger partial charge in [-0.1, -0.05) is 6.07 Å². The van der Waals surface area contributed by atoms with Crippen molar-refractivity contribution in [3.63, 3.8) is 0 Å². The van der Waals surface area contributed by atoms with Crippen LogP contribution in [0.3, 0.4) is 0 Å². The third kappa shape index (κ3) is 1.84. The largest absolute Gasteiger partial charge is 0.478 e. The van der Waals surface area contributed by atoms with Gasteiger partial charge < -0.3 is 9.84 Å². The van der Waals surface area contributed by atoms with E-state index >= 15 is 0 Å². The lowest BCUT2D eigenvalue weighted by Crippen LogP contribution is -2.28. The van der Waals surface area contributed by atoms with Gasteiger partial charge in [0.25, 0.3) is 0 Å². The normalized spacial score (nSPS) is 17.5. The fourth-order valence-corrected chi connectivity index (χ4v) is 1.74. The van der Waals surface area contributed by atoms with E-state index in [0.29, 0.717) is 18.6 Å². The van der Waals surface area contributed by atoms with E-state index in [1.54, 1.807) is 6.07 Å². The van der Waals surface area contributed by atoms with Crippen molar-refractivity contribution in [1.82, 2.24) is 0 Å². The summed E-state index contributed by atoms with van der Waals surface area (Å²) in [5.74, 6) is -0.229. The number of carbonyl (C=O) groups is 1. The lowest BCUT2D eigenvalue weighted by atomic mass is 10.3. The predicted octanol–water partition coefficient (Wildman–Crippen LogP) is 2.29. The quantitative estimate of drug-likeness (QED) is 0.872. The maximum absolute atomic E-state index is 10.8. The van der Waals surface area contributed by atoms with Crippen molar-refractivity contribution >= 4 is 28.6 Å². The number of carboxylic acids is 1. The predicted molar refractivity (Wildman–Crippen MR) is 59.4 cm³/mol. The highest BCUT2D eigenvalue weighted by Gasteiger charge is 2.53. The lowest BCUT2D eigenvalue weighted by molar-refractivity contribution is -0.147. The second kappa shape index (κ2) is 3.42. The summed E-state index contributed by atoms with van der Waals surface area (Å²) in [6, 6.07) is 7.41. The van der Waals surface area contributed by atoms with Crippen LogP contribution in [-0.4, -0.2) is 16.7 Å². The first kappa shape index (κ1) is 9.76. The van der Waals surface area contributed by atoms with Crippen LogP contribution in [0.1, 0.15) is 12.8 Å². The van der Waals surface area contributed by atoms with Gasteiger partial charge in [-0.15, -0.1) is 0 Å². The zero-order valence-electron chi connectivity index (χ0n) is 7.37. The van der Waals surface area contributed by atoms with E-state index in [1.807, 2.05) is 18.2 Å². The molecule has 0 saturated heterocycles. The van der Waals surface area contributed by atoms with Crippen LogP contribution in [0.5, 0.6) is 5.75 Å². The third-order valence-electron chi connectivity index (χ3n) is 2.20. The Bertz CT molecular complexity index is 371. The Hall–Kier alpha value is -0.780. The van der Waals surface area contributed by atoms with Crippen molar-refractivity contribution in [2.75, 3.05) is 0 Å². The summed E-state index contributed by atoms with van der Waals surface area (Å²) in [5.41, 5.74) is -0.940. The van der Waals surface area contributed by atoms with Crippen molar-refractivity contribution in [3.05, 3.63) is 27.8 Å². The number of hydrogen-bond donors (Lipinski definition) is 1. The molecule has 1 saturated carbocycles. The molecule has 0 aliphatic heterocycles. The fourth-order valence-electron chi connectivity index (χ4n) is 1.23. The Kier molecular flexibility index (Phi) is 2.38. The third-order valence-corrected chi connectivity index (χ3v) is 2.87. The lowest BCUT2D eigenvalue weighted by Gasteiger charge is -2.13. The Balaban J connectivity index is 2.15. The molecule has 0 amide bonds.